The first-order chi connectivity index (χ1) is 13.1. The Labute approximate surface area is 196 Å². The van der Waals surface area contributed by atoms with E-state index in [-0.39, 0.29) is 42.9 Å². The van der Waals surface area contributed by atoms with Crippen molar-refractivity contribution >= 4 is 30.2 Å². The van der Waals surface area contributed by atoms with Gasteiger partial charge in [-0.15, -0.1) is 11.8 Å². The number of hydrogen-bond acceptors (Lipinski definition) is 6. The molecule has 0 aromatic heterocycles. The fourth-order valence-corrected chi connectivity index (χ4v) is 4.18. The molecule has 1 aromatic carbocycles. The van der Waals surface area contributed by atoms with Crippen molar-refractivity contribution in [1.29, 1.82) is 0 Å². The maximum Gasteiger partial charge on any atom is 1.00 e. The number of carbonyl (C=O) groups excluding carboxylic acids is 2. The molecule has 0 radical (unpaired) electrons. The summed E-state index contributed by atoms with van der Waals surface area (Å²) in [6, 6.07) is 3.21. The van der Waals surface area contributed by atoms with Crippen molar-refractivity contribution in [2.75, 3.05) is 12.9 Å². The van der Waals surface area contributed by atoms with Gasteiger partial charge in [0.2, 0.25) is 4.93 Å². The molecule has 3 aliphatic rings. The Morgan fingerprint density at radius 3 is 2.24 bits per heavy atom. The van der Waals surface area contributed by atoms with Gasteiger partial charge in [-0.05, 0) is 43.6 Å². The number of allylic oxidation sites excluding steroid dienone is 2. The summed E-state index contributed by atoms with van der Waals surface area (Å²) < 4.78 is 30.2. The Morgan fingerprint density at radius 2 is 1.79 bits per heavy atom. The second-order valence-corrected chi connectivity index (χ2v) is 7.32. The number of methoxy groups -OCH3 is 1. The second kappa shape index (κ2) is 13.9. The molecular formula is C20H24F2NNaO4S. The molecule has 2 atom stereocenters. The Balaban J connectivity index is 0.000000601. The Hall–Kier alpha value is -1.22. The maximum atomic E-state index is 13.2. The van der Waals surface area contributed by atoms with E-state index >= 15 is 0 Å². The van der Waals surface area contributed by atoms with Crippen molar-refractivity contribution in [3.63, 3.8) is 0 Å². The topological polar surface area (TPSA) is 65.0 Å². The molecule has 154 valence electrons. The fraction of sp³-hybridized carbons (Fsp3) is 0.400. The third-order valence-corrected chi connectivity index (χ3v) is 5.51. The number of aldehydes is 1. The van der Waals surface area contributed by atoms with Crippen molar-refractivity contribution in [3.8, 4) is 0 Å². The van der Waals surface area contributed by atoms with E-state index < -0.39 is 16.6 Å². The number of ether oxygens (including phenoxy) is 1. The van der Waals surface area contributed by atoms with Crippen molar-refractivity contribution in [1.82, 2.24) is 0 Å². The number of rotatable bonds is 3. The predicted octanol–water partition coefficient (Wildman–Crippen LogP) is 1.32. The second-order valence-electron chi connectivity index (χ2n) is 5.99. The van der Waals surface area contributed by atoms with Crippen molar-refractivity contribution in [3.05, 3.63) is 55.0 Å². The summed E-state index contributed by atoms with van der Waals surface area (Å²) in [5, 5.41) is 3.85. The molecule has 0 N–H and O–H groups in total. The van der Waals surface area contributed by atoms with Gasteiger partial charge in [-0.3, -0.25) is 9.59 Å². The fourth-order valence-electron chi connectivity index (χ4n) is 2.92. The van der Waals surface area contributed by atoms with Crippen LogP contribution in [0.15, 0.2) is 35.5 Å². The van der Waals surface area contributed by atoms with Crippen molar-refractivity contribution in [2.24, 2.45) is 11.1 Å². The monoisotopic (exact) mass is 435 g/mol. The number of carbonyl (C=O) groups is 2. The standard InChI is InChI=1S/C12H9F2NO2S.C5H8.C2H4O2.CH3.Na/c13-8-3-7(4-9(14)5-8)11-10-1-2-18-12(10,6-16)17-15-11;1-2-4-5-3-1;1-4-2-3;;/h3-6,10H,1-2H2;1-2H,3-5H2;2H,1H3;1H3;/q;;;-1;+1. The van der Waals surface area contributed by atoms with Crippen LogP contribution in [0.25, 0.3) is 0 Å². The normalized spacial score (nSPS) is 22.7. The molecule has 2 unspecified atom stereocenters. The van der Waals surface area contributed by atoms with Gasteiger partial charge in [-0.2, -0.15) is 0 Å². The van der Waals surface area contributed by atoms with E-state index in [0.717, 1.165) is 18.1 Å². The van der Waals surface area contributed by atoms with E-state index in [2.05, 4.69) is 22.0 Å². The largest absolute Gasteiger partial charge is 1.00 e. The van der Waals surface area contributed by atoms with Gasteiger partial charge in [0.15, 0.2) is 6.29 Å². The summed E-state index contributed by atoms with van der Waals surface area (Å²) >= 11 is 1.37. The first-order valence-electron chi connectivity index (χ1n) is 8.50. The molecular weight excluding hydrogens is 411 g/mol. The predicted molar refractivity (Wildman–Crippen MR) is 106 cm³/mol. The SMILES string of the molecule is C1=CCCC1.COC=O.O=CC12ON=C(c3cc(F)cc(F)c3)C1CCS2.[CH3-].[Na+]. The minimum atomic E-state index is -1.00. The molecule has 1 fully saturated rings. The summed E-state index contributed by atoms with van der Waals surface area (Å²) in [7, 11) is 1.31. The van der Waals surface area contributed by atoms with Gasteiger partial charge in [-0.1, -0.05) is 17.3 Å². The Bertz CT molecular complexity index is 706. The zero-order chi connectivity index (χ0) is 19.7. The molecule has 4 rings (SSSR count). The van der Waals surface area contributed by atoms with Crippen LogP contribution in [0, 0.1) is 25.0 Å². The first-order valence-corrected chi connectivity index (χ1v) is 9.49. The number of fused-ring (bicyclic) bond motifs is 1. The molecule has 2 heterocycles. The molecule has 9 heteroatoms. The minimum Gasteiger partial charge on any atom is -0.471 e. The van der Waals surface area contributed by atoms with E-state index in [1.807, 2.05) is 0 Å². The van der Waals surface area contributed by atoms with E-state index in [1.54, 1.807) is 0 Å². The molecule has 0 spiro atoms. The molecule has 1 saturated heterocycles. The number of thioether (sulfide) groups is 1. The number of nitrogens with zero attached hydrogens (tertiary/aromatic N) is 1. The van der Waals surface area contributed by atoms with Crippen molar-refractivity contribution in [2.45, 2.75) is 30.6 Å². The van der Waals surface area contributed by atoms with Gasteiger partial charge < -0.3 is 17.0 Å². The summed E-state index contributed by atoms with van der Waals surface area (Å²) in [5.41, 5.74) is 0.786. The summed E-state index contributed by atoms with van der Waals surface area (Å²) in [6.45, 7) is 0.375. The van der Waals surface area contributed by atoms with E-state index in [1.165, 1.54) is 50.3 Å². The van der Waals surface area contributed by atoms with Gasteiger partial charge in [0.05, 0.1) is 18.7 Å². The summed E-state index contributed by atoms with van der Waals surface area (Å²) in [5.74, 6) is -0.801. The molecule has 1 aliphatic carbocycles. The van der Waals surface area contributed by atoms with Gasteiger partial charge in [0, 0.05) is 11.6 Å². The average Bonchev–Trinajstić information content (AvgIpc) is 3.39. The van der Waals surface area contributed by atoms with Crippen LogP contribution in [0.3, 0.4) is 0 Å². The smallest absolute Gasteiger partial charge is 0.471 e. The Kier molecular flexibility index (Phi) is 13.3. The third kappa shape index (κ3) is 7.51. The Morgan fingerprint density at radius 1 is 1.21 bits per heavy atom. The van der Waals surface area contributed by atoms with E-state index in [0.29, 0.717) is 24.2 Å². The molecule has 2 aliphatic heterocycles. The molecule has 0 amide bonds. The number of benzene rings is 1. The summed E-state index contributed by atoms with van der Waals surface area (Å²) in [6.07, 6.45) is 9.93. The van der Waals surface area contributed by atoms with Crippen LogP contribution in [-0.2, 0) is 19.2 Å². The maximum absolute atomic E-state index is 13.2. The molecule has 29 heavy (non-hydrogen) atoms. The first kappa shape index (κ1) is 27.8. The van der Waals surface area contributed by atoms with Crippen LogP contribution < -0.4 is 29.6 Å². The zero-order valence-electron chi connectivity index (χ0n) is 16.9. The van der Waals surface area contributed by atoms with E-state index in [9.17, 15) is 13.6 Å². The molecule has 0 bridgehead atoms. The van der Waals surface area contributed by atoms with Crippen LogP contribution in [0.1, 0.15) is 31.2 Å². The van der Waals surface area contributed by atoms with Crippen LogP contribution in [0.2, 0.25) is 0 Å². The zero-order valence-corrected chi connectivity index (χ0v) is 19.7. The van der Waals surface area contributed by atoms with Crippen LogP contribution in [0.5, 0.6) is 0 Å². The van der Waals surface area contributed by atoms with Gasteiger partial charge >= 0.3 is 29.6 Å². The van der Waals surface area contributed by atoms with Crippen LogP contribution >= 0.6 is 11.8 Å². The van der Waals surface area contributed by atoms with Gasteiger partial charge in [0.1, 0.15) is 11.6 Å². The quantitative estimate of drug-likeness (QED) is 0.310. The minimum absolute atomic E-state index is 0. The summed E-state index contributed by atoms with van der Waals surface area (Å²) in [4.78, 5) is 24.3. The number of oxime groups is 1. The van der Waals surface area contributed by atoms with Crippen LogP contribution in [-0.4, -0.2) is 36.3 Å². The molecule has 0 saturated carbocycles. The molecule has 1 aromatic rings. The van der Waals surface area contributed by atoms with E-state index in [4.69, 9.17) is 9.63 Å². The number of hydrogen-bond donors (Lipinski definition) is 0. The average molecular weight is 435 g/mol. The van der Waals surface area contributed by atoms with Gasteiger partial charge in [0.25, 0.3) is 6.47 Å². The third-order valence-electron chi connectivity index (χ3n) is 4.16. The van der Waals surface area contributed by atoms with Gasteiger partial charge in [-0.25, -0.2) is 8.78 Å². The van der Waals surface area contributed by atoms with Crippen molar-refractivity contribution < 1.29 is 57.5 Å². The number of halogens is 2. The molecule has 5 nitrogen and oxygen atoms in total. The van der Waals surface area contributed by atoms with Crippen LogP contribution in [0.4, 0.5) is 8.78 Å².